The molecule has 2 rings (SSSR count). The molecule has 0 aliphatic heterocycles. The first-order chi connectivity index (χ1) is 12.2. The molecule has 0 radical (unpaired) electrons. The molecule has 0 unspecified atom stereocenters. The van der Waals surface area contributed by atoms with Crippen molar-refractivity contribution in [3.8, 4) is 11.5 Å². The molecule has 10 heteroatoms. The second-order valence-electron chi connectivity index (χ2n) is 5.02. The Labute approximate surface area is 164 Å². The quantitative estimate of drug-likeness (QED) is 0.686. The number of hydrogen-bond donors (Lipinski definition) is 2. The van der Waals surface area contributed by atoms with E-state index in [1.807, 2.05) is 0 Å². The van der Waals surface area contributed by atoms with Crippen LogP contribution in [-0.2, 0) is 10.0 Å². The predicted octanol–water partition coefficient (Wildman–Crippen LogP) is 3.28. The first kappa shape index (κ1) is 20.3. The van der Waals surface area contributed by atoms with Gasteiger partial charge in [-0.05, 0) is 46.3 Å². The van der Waals surface area contributed by atoms with E-state index < -0.39 is 15.9 Å². The molecule has 0 atom stereocenters. The van der Waals surface area contributed by atoms with E-state index in [2.05, 4.69) is 26.0 Å². The van der Waals surface area contributed by atoms with Gasteiger partial charge in [-0.1, -0.05) is 11.6 Å². The molecule has 0 saturated heterocycles. The van der Waals surface area contributed by atoms with Crippen molar-refractivity contribution in [1.29, 1.82) is 0 Å². The van der Waals surface area contributed by atoms with E-state index in [0.717, 1.165) is 0 Å². The monoisotopic (exact) mass is 462 g/mol. The molecule has 26 heavy (non-hydrogen) atoms. The Balaban J connectivity index is 2.56. The van der Waals surface area contributed by atoms with Crippen LogP contribution in [0, 0.1) is 0 Å². The molecule has 0 bridgehead atoms. The van der Waals surface area contributed by atoms with Crippen molar-refractivity contribution in [2.24, 2.45) is 0 Å². The third kappa shape index (κ3) is 4.22. The summed E-state index contributed by atoms with van der Waals surface area (Å²) in [6, 6.07) is 7.18. The molecule has 2 aromatic carbocycles. The standard InChI is InChI=1S/C16H16BrClN2O5S/c1-19-16(21)11-8-10(24-2)4-5-13(11)20-26(22,23)14-7-9(18)6-12(17)15(14)25-3/h4-8,20H,1-3H3,(H,19,21). The second kappa shape index (κ2) is 8.15. The maximum absolute atomic E-state index is 12.9. The van der Waals surface area contributed by atoms with Crippen molar-refractivity contribution >= 4 is 49.1 Å². The summed E-state index contributed by atoms with van der Waals surface area (Å²) in [7, 11) is 0.136. The normalized spacial score (nSPS) is 11.0. The summed E-state index contributed by atoms with van der Waals surface area (Å²) in [6.45, 7) is 0. The largest absolute Gasteiger partial charge is 0.497 e. The molecular weight excluding hydrogens is 448 g/mol. The van der Waals surface area contributed by atoms with Crippen LogP contribution >= 0.6 is 27.5 Å². The van der Waals surface area contributed by atoms with Gasteiger partial charge in [0, 0.05) is 12.1 Å². The van der Waals surface area contributed by atoms with Gasteiger partial charge >= 0.3 is 0 Å². The topological polar surface area (TPSA) is 93.7 Å². The highest BCUT2D eigenvalue weighted by atomic mass is 79.9. The number of ether oxygens (including phenoxy) is 2. The molecular formula is C16H16BrClN2O5S. The highest BCUT2D eigenvalue weighted by molar-refractivity contribution is 9.10. The van der Waals surface area contributed by atoms with Crippen molar-refractivity contribution in [3.63, 3.8) is 0 Å². The molecule has 0 heterocycles. The Morgan fingerprint density at radius 2 is 1.85 bits per heavy atom. The molecule has 0 aliphatic carbocycles. The fraction of sp³-hybridized carbons (Fsp3) is 0.188. The number of methoxy groups -OCH3 is 2. The summed E-state index contributed by atoms with van der Waals surface area (Å²) in [5, 5.41) is 2.66. The summed E-state index contributed by atoms with van der Waals surface area (Å²) >= 11 is 9.19. The zero-order valence-electron chi connectivity index (χ0n) is 14.1. The second-order valence-corrected chi connectivity index (χ2v) is 7.96. The SMILES string of the molecule is CNC(=O)c1cc(OC)ccc1NS(=O)(=O)c1cc(Cl)cc(Br)c1OC. The minimum atomic E-state index is -4.10. The smallest absolute Gasteiger partial charge is 0.265 e. The van der Waals surface area contributed by atoms with Crippen molar-refractivity contribution < 1.29 is 22.7 Å². The fourth-order valence-corrected chi connectivity index (χ4v) is 4.66. The summed E-state index contributed by atoms with van der Waals surface area (Å²) < 4.78 is 38.8. The van der Waals surface area contributed by atoms with E-state index in [1.54, 1.807) is 0 Å². The first-order valence-corrected chi connectivity index (χ1v) is 9.85. The van der Waals surface area contributed by atoms with Gasteiger partial charge in [0.1, 0.15) is 10.6 Å². The lowest BCUT2D eigenvalue weighted by atomic mass is 10.1. The van der Waals surface area contributed by atoms with Gasteiger partial charge in [-0.3, -0.25) is 9.52 Å². The van der Waals surface area contributed by atoms with Gasteiger partial charge in [-0.25, -0.2) is 8.42 Å². The molecule has 0 aromatic heterocycles. The van der Waals surface area contributed by atoms with E-state index in [9.17, 15) is 13.2 Å². The first-order valence-electron chi connectivity index (χ1n) is 7.19. The van der Waals surface area contributed by atoms with E-state index in [-0.39, 0.29) is 26.9 Å². The molecule has 0 saturated carbocycles. The summed E-state index contributed by atoms with van der Waals surface area (Å²) in [6.07, 6.45) is 0. The van der Waals surface area contributed by atoms with Crippen molar-refractivity contribution in [2.75, 3.05) is 26.0 Å². The summed E-state index contributed by atoms with van der Waals surface area (Å²) in [4.78, 5) is 11.9. The van der Waals surface area contributed by atoms with Crippen LogP contribution in [0.1, 0.15) is 10.4 Å². The average Bonchev–Trinajstić information content (AvgIpc) is 2.60. The van der Waals surface area contributed by atoms with Crippen LogP contribution in [0.3, 0.4) is 0 Å². The Hall–Kier alpha value is -1.97. The zero-order valence-corrected chi connectivity index (χ0v) is 17.3. The molecule has 7 nitrogen and oxygen atoms in total. The maximum Gasteiger partial charge on any atom is 0.265 e. The van der Waals surface area contributed by atoms with Crippen LogP contribution < -0.4 is 19.5 Å². The number of benzene rings is 2. The Morgan fingerprint density at radius 3 is 2.42 bits per heavy atom. The molecule has 140 valence electrons. The van der Waals surface area contributed by atoms with E-state index in [0.29, 0.717) is 10.2 Å². The molecule has 0 fully saturated rings. The number of sulfonamides is 1. The van der Waals surface area contributed by atoms with Crippen LogP contribution in [0.25, 0.3) is 0 Å². The van der Waals surface area contributed by atoms with Gasteiger partial charge in [-0.2, -0.15) is 0 Å². The highest BCUT2D eigenvalue weighted by Gasteiger charge is 2.25. The number of hydrogen-bond acceptors (Lipinski definition) is 5. The number of anilines is 1. The minimum Gasteiger partial charge on any atom is -0.497 e. The molecule has 2 aromatic rings. The van der Waals surface area contributed by atoms with Gasteiger partial charge in [-0.15, -0.1) is 0 Å². The summed E-state index contributed by atoms with van der Waals surface area (Å²) in [5.74, 6) is 0.0346. The number of rotatable bonds is 6. The lowest BCUT2D eigenvalue weighted by Crippen LogP contribution is -2.22. The van der Waals surface area contributed by atoms with Crippen LogP contribution in [0.2, 0.25) is 5.02 Å². The Kier molecular flexibility index (Phi) is 6.38. The van der Waals surface area contributed by atoms with Gasteiger partial charge in [0.25, 0.3) is 15.9 Å². The van der Waals surface area contributed by atoms with E-state index in [1.165, 1.54) is 51.6 Å². The van der Waals surface area contributed by atoms with Crippen LogP contribution in [0.4, 0.5) is 5.69 Å². The van der Waals surface area contributed by atoms with Gasteiger partial charge in [0.2, 0.25) is 0 Å². The fourth-order valence-electron chi connectivity index (χ4n) is 2.20. The number of nitrogens with one attached hydrogen (secondary N) is 2. The van der Waals surface area contributed by atoms with Gasteiger partial charge in [0.15, 0.2) is 5.75 Å². The zero-order chi connectivity index (χ0) is 19.5. The van der Waals surface area contributed by atoms with Crippen molar-refractivity contribution in [1.82, 2.24) is 5.32 Å². The highest BCUT2D eigenvalue weighted by Crippen LogP contribution is 2.36. The molecule has 0 spiro atoms. The van der Waals surface area contributed by atoms with Crippen LogP contribution in [0.15, 0.2) is 39.7 Å². The Morgan fingerprint density at radius 1 is 1.15 bits per heavy atom. The lowest BCUT2D eigenvalue weighted by molar-refractivity contribution is 0.0963. The van der Waals surface area contributed by atoms with E-state index >= 15 is 0 Å². The predicted molar refractivity (Wildman–Crippen MR) is 103 cm³/mol. The van der Waals surface area contributed by atoms with Crippen LogP contribution in [-0.4, -0.2) is 35.6 Å². The van der Waals surface area contributed by atoms with Crippen LogP contribution in [0.5, 0.6) is 11.5 Å². The average molecular weight is 464 g/mol. The maximum atomic E-state index is 12.9. The lowest BCUT2D eigenvalue weighted by Gasteiger charge is -2.16. The molecule has 1 amide bonds. The number of carbonyl (C=O) groups excluding carboxylic acids is 1. The van der Waals surface area contributed by atoms with Crippen molar-refractivity contribution in [2.45, 2.75) is 4.90 Å². The minimum absolute atomic E-state index is 0.0864. The number of halogens is 2. The van der Waals surface area contributed by atoms with Gasteiger partial charge in [0.05, 0.1) is 29.9 Å². The molecule has 0 aliphatic rings. The van der Waals surface area contributed by atoms with Gasteiger partial charge < -0.3 is 14.8 Å². The third-order valence-corrected chi connectivity index (χ3v) is 5.59. The summed E-state index contributed by atoms with van der Waals surface area (Å²) in [5.41, 5.74) is 0.193. The molecule has 2 N–H and O–H groups in total. The third-order valence-electron chi connectivity index (χ3n) is 3.41. The Bertz CT molecular complexity index is 950. The van der Waals surface area contributed by atoms with Crippen molar-refractivity contribution in [3.05, 3.63) is 45.4 Å². The number of carbonyl (C=O) groups is 1. The van der Waals surface area contributed by atoms with E-state index in [4.69, 9.17) is 21.1 Å². The number of amides is 1.